The summed E-state index contributed by atoms with van der Waals surface area (Å²) in [6, 6.07) is 10.6. The predicted octanol–water partition coefficient (Wildman–Crippen LogP) is 2.97. The Labute approximate surface area is 123 Å². The van der Waals surface area contributed by atoms with E-state index in [0.717, 1.165) is 5.76 Å². The lowest BCUT2D eigenvalue weighted by Gasteiger charge is -2.22. The Morgan fingerprint density at radius 2 is 2.00 bits per heavy atom. The van der Waals surface area contributed by atoms with Gasteiger partial charge >= 0.3 is 0 Å². The molecule has 1 unspecified atom stereocenters. The monoisotopic (exact) mass is 292 g/mol. The van der Waals surface area contributed by atoms with Gasteiger partial charge < -0.3 is 9.73 Å². The quantitative estimate of drug-likeness (QED) is 0.921. The van der Waals surface area contributed by atoms with Crippen LogP contribution >= 0.6 is 11.6 Å². The third kappa shape index (κ3) is 3.62. The lowest BCUT2D eigenvalue weighted by molar-refractivity contribution is 0.0939. The Morgan fingerprint density at radius 3 is 2.55 bits per heavy atom. The van der Waals surface area contributed by atoms with Crippen molar-refractivity contribution in [1.29, 1.82) is 0 Å². The molecule has 20 heavy (non-hydrogen) atoms. The first-order chi connectivity index (χ1) is 9.58. The van der Waals surface area contributed by atoms with E-state index in [-0.39, 0.29) is 11.9 Å². The van der Waals surface area contributed by atoms with Crippen LogP contribution in [-0.4, -0.2) is 31.4 Å². The van der Waals surface area contributed by atoms with Gasteiger partial charge in [-0.25, -0.2) is 0 Å². The first-order valence-electron chi connectivity index (χ1n) is 6.31. The van der Waals surface area contributed by atoms with Gasteiger partial charge in [-0.05, 0) is 50.5 Å². The van der Waals surface area contributed by atoms with E-state index in [0.29, 0.717) is 17.1 Å². The van der Waals surface area contributed by atoms with Crippen LogP contribution in [0.1, 0.15) is 22.2 Å². The molecule has 0 radical (unpaired) electrons. The van der Waals surface area contributed by atoms with Crippen molar-refractivity contribution in [3.63, 3.8) is 0 Å². The van der Waals surface area contributed by atoms with Crippen LogP contribution in [0.3, 0.4) is 0 Å². The summed E-state index contributed by atoms with van der Waals surface area (Å²) in [6.07, 6.45) is 1.63. The average molecular weight is 293 g/mol. The fourth-order valence-corrected chi connectivity index (χ4v) is 2.04. The minimum Gasteiger partial charge on any atom is -0.468 e. The van der Waals surface area contributed by atoms with Gasteiger partial charge in [0.05, 0.1) is 12.3 Å². The summed E-state index contributed by atoms with van der Waals surface area (Å²) in [5, 5.41) is 3.52. The van der Waals surface area contributed by atoms with Gasteiger partial charge in [-0.15, -0.1) is 0 Å². The van der Waals surface area contributed by atoms with Crippen LogP contribution in [0, 0.1) is 0 Å². The lowest BCUT2D eigenvalue weighted by atomic mass is 10.2. The van der Waals surface area contributed by atoms with Gasteiger partial charge in [-0.2, -0.15) is 0 Å². The molecule has 0 aliphatic carbocycles. The molecule has 0 aliphatic rings. The molecule has 1 aromatic heterocycles. The fourth-order valence-electron chi connectivity index (χ4n) is 1.91. The molecule has 106 valence electrons. The number of likely N-dealkylation sites (N-methyl/N-ethyl adjacent to an activating group) is 1. The Kier molecular flexibility index (Phi) is 4.82. The number of benzene rings is 1. The van der Waals surface area contributed by atoms with Crippen molar-refractivity contribution in [2.24, 2.45) is 0 Å². The van der Waals surface area contributed by atoms with E-state index in [4.69, 9.17) is 16.0 Å². The number of halogens is 1. The van der Waals surface area contributed by atoms with Crippen molar-refractivity contribution in [3.8, 4) is 0 Å². The summed E-state index contributed by atoms with van der Waals surface area (Å²) in [7, 11) is 3.89. The van der Waals surface area contributed by atoms with Crippen molar-refractivity contribution in [1.82, 2.24) is 10.2 Å². The zero-order chi connectivity index (χ0) is 14.5. The molecular formula is C15H17ClN2O2. The fraction of sp³-hybridized carbons (Fsp3) is 0.267. The number of amides is 1. The molecule has 5 heteroatoms. The summed E-state index contributed by atoms with van der Waals surface area (Å²) >= 11 is 5.80. The largest absolute Gasteiger partial charge is 0.468 e. The molecule has 1 atom stereocenters. The van der Waals surface area contributed by atoms with E-state index in [2.05, 4.69) is 5.32 Å². The number of furan rings is 1. The molecule has 1 heterocycles. The van der Waals surface area contributed by atoms with Crippen molar-refractivity contribution < 1.29 is 9.21 Å². The maximum atomic E-state index is 12.0. The third-order valence-electron chi connectivity index (χ3n) is 3.06. The Bertz CT molecular complexity index is 550. The Hall–Kier alpha value is -1.78. The highest BCUT2D eigenvalue weighted by molar-refractivity contribution is 6.30. The first kappa shape index (κ1) is 14.6. The van der Waals surface area contributed by atoms with Gasteiger partial charge in [0.15, 0.2) is 0 Å². The standard InChI is InChI=1S/C15H17ClN2O2/c1-18(2)13(14-4-3-9-20-14)10-17-15(19)11-5-7-12(16)8-6-11/h3-9,13H,10H2,1-2H3,(H,17,19). The van der Waals surface area contributed by atoms with Crippen molar-refractivity contribution in [2.75, 3.05) is 20.6 Å². The van der Waals surface area contributed by atoms with Gasteiger partial charge in [-0.1, -0.05) is 11.6 Å². The normalized spacial score (nSPS) is 12.4. The first-order valence-corrected chi connectivity index (χ1v) is 6.69. The molecule has 0 spiro atoms. The highest BCUT2D eigenvalue weighted by atomic mass is 35.5. The van der Waals surface area contributed by atoms with E-state index in [1.807, 2.05) is 31.1 Å². The van der Waals surface area contributed by atoms with Gasteiger partial charge in [0.1, 0.15) is 5.76 Å². The molecule has 2 rings (SSSR count). The number of carbonyl (C=O) groups excluding carboxylic acids is 1. The second-order valence-electron chi connectivity index (χ2n) is 4.71. The summed E-state index contributed by atoms with van der Waals surface area (Å²) in [6.45, 7) is 0.474. The molecule has 1 aromatic carbocycles. The Balaban J connectivity index is 1.99. The highest BCUT2D eigenvalue weighted by Crippen LogP contribution is 2.17. The summed E-state index contributed by atoms with van der Waals surface area (Å²) in [5.74, 6) is 0.700. The molecule has 0 aliphatic heterocycles. The van der Waals surface area contributed by atoms with E-state index < -0.39 is 0 Å². The molecule has 1 amide bonds. The van der Waals surface area contributed by atoms with Crippen LogP contribution < -0.4 is 5.32 Å². The third-order valence-corrected chi connectivity index (χ3v) is 3.31. The van der Waals surface area contributed by atoms with Crippen molar-refractivity contribution >= 4 is 17.5 Å². The summed E-state index contributed by atoms with van der Waals surface area (Å²) < 4.78 is 5.40. The van der Waals surface area contributed by atoms with Crippen LogP contribution in [0.4, 0.5) is 0 Å². The zero-order valence-corrected chi connectivity index (χ0v) is 12.2. The van der Waals surface area contributed by atoms with Gasteiger partial charge in [0.25, 0.3) is 5.91 Å². The van der Waals surface area contributed by atoms with Crippen LogP contribution in [0.15, 0.2) is 47.1 Å². The minimum absolute atomic E-state index is 0.00116. The van der Waals surface area contributed by atoms with Gasteiger partial charge in [0.2, 0.25) is 0 Å². The number of rotatable bonds is 5. The SMILES string of the molecule is CN(C)C(CNC(=O)c1ccc(Cl)cc1)c1ccco1. The van der Waals surface area contributed by atoms with E-state index in [1.54, 1.807) is 30.5 Å². The van der Waals surface area contributed by atoms with E-state index >= 15 is 0 Å². The molecule has 2 aromatic rings. The molecular weight excluding hydrogens is 276 g/mol. The smallest absolute Gasteiger partial charge is 0.251 e. The maximum absolute atomic E-state index is 12.0. The van der Waals surface area contributed by atoms with Gasteiger partial charge in [-0.3, -0.25) is 9.69 Å². The molecule has 0 bridgehead atoms. The number of nitrogens with one attached hydrogen (secondary N) is 1. The topological polar surface area (TPSA) is 45.5 Å². The van der Waals surface area contributed by atoms with E-state index in [9.17, 15) is 4.79 Å². The maximum Gasteiger partial charge on any atom is 0.251 e. The predicted molar refractivity (Wildman–Crippen MR) is 78.9 cm³/mol. The molecule has 4 nitrogen and oxygen atoms in total. The zero-order valence-electron chi connectivity index (χ0n) is 11.5. The van der Waals surface area contributed by atoms with Crippen LogP contribution in [0.2, 0.25) is 5.02 Å². The molecule has 1 N–H and O–H groups in total. The summed E-state index contributed by atoms with van der Waals surface area (Å²) in [4.78, 5) is 14.1. The molecule has 0 fully saturated rings. The Morgan fingerprint density at radius 1 is 1.30 bits per heavy atom. The average Bonchev–Trinajstić information content (AvgIpc) is 2.93. The van der Waals surface area contributed by atoms with Gasteiger partial charge in [0, 0.05) is 17.1 Å². The second-order valence-corrected chi connectivity index (χ2v) is 5.15. The second kappa shape index (κ2) is 6.59. The van der Waals surface area contributed by atoms with Crippen LogP contribution in [0.5, 0.6) is 0 Å². The number of carbonyl (C=O) groups is 1. The minimum atomic E-state index is -0.125. The number of nitrogens with zero attached hydrogens (tertiary/aromatic N) is 1. The molecule has 0 saturated carbocycles. The molecule has 0 saturated heterocycles. The van der Waals surface area contributed by atoms with E-state index in [1.165, 1.54) is 0 Å². The number of hydrogen-bond donors (Lipinski definition) is 1. The number of hydrogen-bond acceptors (Lipinski definition) is 3. The van der Waals surface area contributed by atoms with Crippen molar-refractivity contribution in [3.05, 3.63) is 59.0 Å². The van der Waals surface area contributed by atoms with Crippen molar-refractivity contribution in [2.45, 2.75) is 6.04 Å². The van der Waals surface area contributed by atoms with Crippen LogP contribution in [0.25, 0.3) is 0 Å². The highest BCUT2D eigenvalue weighted by Gasteiger charge is 2.18. The van der Waals surface area contributed by atoms with Crippen LogP contribution in [-0.2, 0) is 0 Å². The summed E-state index contributed by atoms with van der Waals surface area (Å²) in [5.41, 5.74) is 0.589. The lowest BCUT2D eigenvalue weighted by Crippen LogP contribution is -2.34.